The van der Waals surface area contributed by atoms with E-state index >= 15 is 0 Å². The molecule has 32 heavy (non-hydrogen) atoms. The van der Waals surface area contributed by atoms with Gasteiger partial charge >= 0.3 is 0 Å². The number of benzene rings is 2. The number of rotatable bonds is 4. The Morgan fingerprint density at radius 3 is 2.66 bits per heavy atom. The molecule has 7 heteroatoms. The molecule has 0 aliphatic carbocycles. The zero-order valence-electron chi connectivity index (χ0n) is 17.4. The van der Waals surface area contributed by atoms with Crippen molar-refractivity contribution in [2.45, 2.75) is 12.8 Å². The average Bonchev–Trinajstić information content (AvgIpc) is 3.32. The molecular weight excluding hydrogens is 418 g/mol. The molecule has 6 nitrogen and oxygen atoms in total. The Morgan fingerprint density at radius 2 is 1.91 bits per heavy atom. The molecule has 0 bridgehead atoms. The number of pyridine rings is 1. The molecule has 0 radical (unpaired) electrons. The average molecular weight is 440 g/mol. The van der Waals surface area contributed by atoms with Gasteiger partial charge in [0, 0.05) is 36.1 Å². The number of nitrogens with zero attached hydrogens (tertiary/aromatic N) is 4. The van der Waals surface area contributed by atoms with E-state index in [1.807, 2.05) is 23.6 Å². The number of hydrogen-bond acceptors (Lipinski definition) is 6. The fraction of sp³-hybridized carbons (Fsp3) is 0.200. The van der Waals surface area contributed by atoms with Crippen molar-refractivity contribution in [1.82, 2.24) is 9.97 Å². The molecule has 1 aliphatic heterocycles. The van der Waals surface area contributed by atoms with Gasteiger partial charge in [0.15, 0.2) is 5.13 Å². The SMILES string of the molecule is N#Cc1ccc(N2CCC(C(=O)Nc3nc(-c4ccc5ccccc5c4)cs3)CC2)nc1. The lowest BCUT2D eigenvalue weighted by Gasteiger charge is -2.31. The van der Waals surface area contributed by atoms with Crippen molar-refractivity contribution in [3.8, 4) is 17.3 Å². The highest BCUT2D eigenvalue weighted by Gasteiger charge is 2.26. The molecule has 1 amide bonds. The molecule has 2 aromatic heterocycles. The molecule has 1 aliphatic rings. The fourth-order valence-electron chi connectivity index (χ4n) is 4.03. The second-order valence-electron chi connectivity index (χ2n) is 7.87. The van der Waals surface area contributed by atoms with Crippen LogP contribution in [0.3, 0.4) is 0 Å². The highest BCUT2D eigenvalue weighted by molar-refractivity contribution is 7.14. The van der Waals surface area contributed by atoms with Crippen molar-refractivity contribution in [2.75, 3.05) is 23.3 Å². The van der Waals surface area contributed by atoms with Crippen LogP contribution in [0.5, 0.6) is 0 Å². The second kappa shape index (κ2) is 8.77. The summed E-state index contributed by atoms with van der Waals surface area (Å²) in [5, 5.41) is 16.9. The number of nitriles is 1. The second-order valence-corrected chi connectivity index (χ2v) is 8.73. The summed E-state index contributed by atoms with van der Waals surface area (Å²) in [7, 11) is 0. The highest BCUT2D eigenvalue weighted by Crippen LogP contribution is 2.29. The van der Waals surface area contributed by atoms with Gasteiger partial charge in [0.05, 0.1) is 11.3 Å². The number of aromatic nitrogens is 2. The van der Waals surface area contributed by atoms with E-state index < -0.39 is 0 Å². The summed E-state index contributed by atoms with van der Waals surface area (Å²) in [6.07, 6.45) is 3.11. The molecule has 1 saturated heterocycles. The van der Waals surface area contributed by atoms with Crippen LogP contribution in [0.2, 0.25) is 0 Å². The number of carbonyl (C=O) groups is 1. The molecule has 2 aromatic carbocycles. The number of carbonyl (C=O) groups excluding carboxylic acids is 1. The first-order chi connectivity index (χ1) is 15.7. The molecule has 1 fully saturated rings. The Hall–Kier alpha value is -3.76. The maximum Gasteiger partial charge on any atom is 0.229 e. The minimum absolute atomic E-state index is 0.0249. The van der Waals surface area contributed by atoms with Gasteiger partial charge in [0.1, 0.15) is 11.9 Å². The van der Waals surface area contributed by atoms with E-state index in [-0.39, 0.29) is 11.8 Å². The lowest BCUT2D eigenvalue weighted by molar-refractivity contribution is -0.120. The predicted molar refractivity (Wildman–Crippen MR) is 128 cm³/mol. The maximum atomic E-state index is 12.8. The first-order valence-corrected chi connectivity index (χ1v) is 11.4. The minimum atomic E-state index is -0.0438. The van der Waals surface area contributed by atoms with Crippen LogP contribution in [0.15, 0.2) is 66.2 Å². The Labute approximate surface area is 190 Å². The smallest absolute Gasteiger partial charge is 0.229 e. The lowest BCUT2D eigenvalue weighted by Crippen LogP contribution is -2.38. The van der Waals surface area contributed by atoms with E-state index in [0.717, 1.165) is 43.0 Å². The fourth-order valence-corrected chi connectivity index (χ4v) is 4.75. The van der Waals surface area contributed by atoms with Crippen molar-refractivity contribution in [2.24, 2.45) is 5.92 Å². The standard InChI is InChI=1S/C25H21N5OS/c26-14-17-5-8-23(27-15-17)30-11-9-19(10-12-30)24(31)29-25-28-22(16-32-25)21-7-6-18-3-1-2-4-20(18)13-21/h1-8,13,15-16,19H,9-12H2,(H,28,29,31). The van der Waals surface area contributed by atoms with Crippen LogP contribution in [0, 0.1) is 17.2 Å². The normalized spacial score (nSPS) is 14.3. The van der Waals surface area contributed by atoms with Gasteiger partial charge in [-0.25, -0.2) is 9.97 Å². The summed E-state index contributed by atoms with van der Waals surface area (Å²) in [5.41, 5.74) is 2.47. The van der Waals surface area contributed by atoms with Gasteiger partial charge in [-0.05, 0) is 41.8 Å². The van der Waals surface area contributed by atoms with Gasteiger partial charge in [0.2, 0.25) is 5.91 Å². The summed E-state index contributed by atoms with van der Waals surface area (Å²) in [4.78, 5) is 24.0. The van der Waals surface area contributed by atoms with Gasteiger partial charge in [-0.1, -0.05) is 36.4 Å². The van der Waals surface area contributed by atoms with Gasteiger partial charge in [0.25, 0.3) is 0 Å². The monoisotopic (exact) mass is 439 g/mol. The number of piperidine rings is 1. The van der Waals surface area contributed by atoms with Crippen molar-refractivity contribution in [3.05, 3.63) is 71.7 Å². The summed E-state index contributed by atoms with van der Waals surface area (Å²) in [6, 6.07) is 20.3. The van der Waals surface area contributed by atoms with Gasteiger partial charge < -0.3 is 10.2 Å². The van der Waals surface area contributed by atoms with Crippen molar-refractivity contribution in [1.29, 1.82) is 5.26 Å². The topological polar surface area (TPSA) is 81.9 Å². The Morgan fingerprint density at radius 1 is 1.09 bits per heavy atom. The van der Waals surface area contributed by atoms with Crippen LogP contribution in [0.1, 0.15) is 18.4 Å². The van der Waals surface area contributed by atoms with Crippen molar-refractivity contribution >= 4 is 39.0 Å². The van der Waals surface area contributed by atoms with Crippen LogP contribution in [-0.2, 0) is 4.79 Å². The molecule has 1 N–H and O–H groups in total. The number of fused-ring (bicyclic) bond motifs is 1. The predicted octanol–water partition coefficient (Wildman–Crippen LogP) is 5.09. The first-order valence-electron chi connectivity index (χ1n) is 10.6. The Kier molecular flexibility index (Phi) is 5.53. The number of amides is 1. The van der Waals surface area contributed by atoms with Crippen LogP contribution in [-0.4, -0.2) is 29.0 Å². The molecule has 0 saturated carbocycles. The molecule has 5 rings (SSSR count). The van der Waals surface area contributed by atoms with E-state index in [0.29, 0.717) is 10.7 Å². The first kappa shape index (κ1) is 20.2. The van der Waals surface area contributed by atoms with Crippen LogP contribution in [0.4, 0.5) is 10.9 Å². The van der Waals surface area contributed by atoms with Crippen LogP contribution < -0.4 is 10.2 Å². The molecule has 4 aromatic rings. The van der Waals surface area contributed by atoms with Crippen molar-refractivity contribution in [3.63, 3.8) is 0 Å². The van der Waals surface area contributed by atoms with E-state index in [1.165, 1.54) is 22.1 Å². The van der Waals surface area contributed by atoms with Gasteiger partial charge in [-0.2, -0.15) is 5.26 Å². The number of nitrogens with one attached hydrogen (secondary N) is 1. The molecule has 3 heterocycles. The third kappa shape index (κ3) is 4.18. The third-order valence-electron chi connectivity index (χ3n) is 5.85. The molecule has 0 unspecified atom stereocenters. The minimum Gasteiger partial charge on any atom is -0.357 e. The summed E-state index contributed by atoms with van der Waals surface area (Å²) < 4.78 is 0. The summed E-state index contributed by atoms with van der Waals surface area (Å²) in [5.74, 6) is 0.831. The summed E-state index contributed by atoms with van der Waals surface area (Å²) >= 11 is 1.45. The molecule has 0 atom stereocenters. The van der Waals surface area contributed by atoms with Gasteiger partial charge in [-0.3, -0.25) is 4.79 Å². The highest BCUT2D eigenvalue weighted by atomic mass is 32.1. The lowest BCUT2D eigenvalue weighted by atomic mass is 9.96. The van der Waals surface area contributed by atoms with Crippen LogP contribution >= 0.6 is 11.3 Å². The Bertz CT molecular complexity index is 1300. The zero-order chi connectivity index (χ0) is 21.9. The number of hydrogen-bond donors (Lipinski definition) is 1. The number of thiazole rings is 1. The quantitative estimate of drug-likeness (QED) is 0.479. The van der Waals surface area contributed by atoms with E-state index in [1.54, 1.807) is 12.3 Å². The largest absolute Gasteiger partial charge is 0.357 e. The Balaban J connectivity index is 1.20. The zero-order valence-corrected chi connectivity index (χ0v) is 18.2. The van der Waals surface area contributed by atoms with E-state index in [9.17, 15) is 4.79 Å². The summed E-state index contributed by atoms with van der Waals surface area (Å²) in [6.45, 7) is 1.52. The van der Waals surface area contributed by atoms with Gasteiger partial charge in [-0.15, -0.1) is 11.3 Å². The third-order valence-corrected chi connectivity index (χ3v) is 6.60. The van der Waals surface area contributed by atoms with E-state index in [2.05, 4.69) is 56.6 Å². The molecule has 158 valence electrons. The molecule has 0 spiro atoms. The van der Waals surface area contributed by atoms with Crippen LogP contribution in [0.25, 0.3) is 22.0 Å². The maximum absolute atomic E-state index is 12.8. The number of anilines is 2. The molecular formula is C25H21N5OS. The van der Waals surface area contributed by atoms with Crippen molar-refractivity contribution < 1.29 is 4.79 Å². The van der Waals surface area contributed by atoms with E-state index in [4.69, 9.17) is 5.26 Å².